The number of halogens is 1. The van der Waals surface area contributed by atoms with Gasteiger partial charge in [-0.05, 0) is 18.1 Å². The first-order valence-electron chi connectivity index (χ1n) is 5.70. The predicted molar refractivity (Wildman–Crippen MR) is 66.0 cm³/mol. The standard InChI is InChI=1S/C12H17ClN2O/c1-2-11-9-16-6-5-15(11)12-8-14-4-3-10(12)7-13/h3-4,8,11H,2,5-7,9H2,1H3. The highest BCUT2D eigenvalue weighted by Crippen LogP contribution is 2.25. The molecule has 1 aromatic heterocycles. The van der Waals surface area contributed by atoms with E-state index in [0.29, 0.717) is 11.9 Å². The highest BCUT2D eigenvalue weighted by Gasteiger charge is 2.23. The number of morpholine rings is 1. The van der Waals surface area contributed by atoms with E-state index in [1.165, 1.54) is 0 Å². The molecule has 0 radical (unpaired) electrons. The van der Waals surface area contributed by atoms with Gasteiger partial charge in [-0.3, -0.25) is 4.98 Å². The molecule has 2 rings (SSSR count). The van der Waals surface area contributed by atoms with Gasteiger partial charge in [0.05, 0.1) is 31.1 Å². The topological polar surface area (TPSA) is 25.4 Å². The van der Waals surface area contributed by atoms with Crippen LogP contribution in [0, 0.1) is 0 Å². The van der Waals surface area contributed by atoms with Crippen molar-refractivity contribution < 1.29 is 4.74 Å². The molecule has 2 heterocycles. The third-order valence-corrected chi connectivity index (χ3v) is 3.33. The third-order valence-electron chi connectivity index (χ3n) is 3.04. The van der Waals surface area contributed by atoms with E-state index in [1.807, 2.05) is 12.3 Å². The molecular formula is C12H17ClN2O. The van der Waals surface area contributed by atoms with Gasteiger partial charge >= 0.3 is 0 Å². The molecule has 16 heavy (non-hydrogen) atoms. The molecule has 1 aromatic rings. The molecule has 1 aliphatic heterocycles. The van der Waals surface area contributed by atoms with Gasteiger partial charge in [-0.15, -0.1) is 11.6 Å². The summed E-state index contributed by atoms with van der Waals surface area (Å²) in [6, 6.07) is 2.43. The maximum Gasteiger partial charge on any atom is 0.0670 e. The summed E-state index contributed by atoms with van der Waals surface area (Å²) in [6.45, 7) is 4.69. The molecule has 4 heteroatoms. The van der Waals surface area contributed by atoms with Crippen molar-refractivity contribution in [2.24, 2.45) is 0 Å². The first-order chi connectivity index (χ1) is 7.86. The molecule has 1 unspecified atom stereocenters. The fourth-order valence-corrected chi connectivity index (χ4v) is 2.32. The van der Waals surface area contributed by atoms with E-state index in [1.54, 1.807) is 6.20 Å². The Labute approximate surface area is 101 Å². The number of ether oxygens (including phenoxy) is 1. The minimum absolute atomic E-state index is 0.444. The Morgan fingerprint density at radius 2 is 2.50 bits per heavy atom. The maximum atomic E-state index is 5.96. The fraction of sp³-hybridized carbons (Fsp3) is 0.583. The van der Waals surface area contributed by atoms with Crippen LogP contribution >= 0.6 is 11.6 Å². The molecule has 1 atom stereocenters. The van der Waals surface area contributed by atoms with Gasteiger partial charge in [0, 0.05) is 18.6 Å². The lowest BCUT2D eigenvalue weighted by Gasteiger charge is -2.37. The van der Waals surface area contributed by atoms with Crippen LogP contribution in [0.3, 0.4) is 0 Å². The zero-order valence-corrected chi connectivity index (χ0v) is 10.3. The number of aromatic nitrogens is 1. The number of hydrogen-bond acceptors (Lipinski definition) is 3. The van der Waals surface area contributed by atoms with Crippen molar-refractivity contribution >= 4 is 17.3 Å². The van der Waals surface area contributed by atoms with Crippen molar-refractivity contribution in [3.8, 4) is 0 Å². The number of nitrogens with zero attached hydrogens (tertiary/aromatic N) is 2. The Morgan fingerprint density at radius 1 is 1.62 bits per heavy atom. The van der Waals surface area contributed by atoms with Crippen molar-refractivity contribution in [3.63, 3.8) is 0 Å². The van der Waals surface area contributed by atoms with Crippen LogP contribution in [0.4, 0.5) is 5.69 Å². The summed E-state index contributed by atoms with van der Waals surface area (Å²) >= 11 is 5.96. The van der Waals surface area contributed by atoms with Crippen LogP contribution < -0.4 is 4.90 Å². The number of rotatable bonds is 3. The summed E-state index contributed by atoms with van der Waals surface area (Å²) in [5, 5.41) is 0. The molecule has 0 amide bonds. The van der Waals surface area contributed by atoms with Crippen LogP contribution in [0.1, 0.15) is 18.9 Å². The van der Waals surface area contributed by atoms with Gasteiger partial charge in [-0.25, -0.2) is 0 Å². The smallest absolute Gasteiger partial charge is 0.0670 e. The van der Waals surface area contributed by atoms with E-state index < -0.39 is 0 Å². The van der Waals surface area contributed by atoms with Gasteiger partial charge < -0.3 is 9.64 Å². The molecule has 88 valence electrons. The number of hydrogen-bond donors (Lipinski definition) is 0. The molecule has 1 aliphatic rings. The van der Waals surface area contributed by atoms with Crippen LogP contribution in [0.5, 0.6) is 0 Å². The second-order valence-electron chi connectivity index (χ2n) is 3.97. The number of pyridine rings is 1. The lowest BCUT2D eigenvalue weighted by Crippen LogP contribution is -2.45. The second-order valence-corrected chi connectivity index (χ2v) is 4.24. The molecule has 1 fully saturated rings. The van der Waals surface area contributed by atoms with Crippen LogP contribution in [0.2, 0.25) is 0 Å². The van der Waals surface area contributed by atoms with Crippen LogP contribution in [0.15, 0.2) is 18.5 Å². The summed E-state index contributed by atoms with van der Waals surface area (Å²) < 4.78 is 5.50. The normalized spacial score (nSPS) is 21.1. The van der Waals surface area contributed by atoms with Crippen LogP contribution in [-0.4, -0.2) is 30.8 Å². The molecule has 0 aliphatic carbocycles. The SMILES string of the molecule is CCC1COCCN1c1cnccc1CCl. The fourth-order valence-electron chi connectivity index (χ4n) is 2.10. The molecule has 0 aromatic carbocycles. The first-order valence-corrected chi connectivity index (χ1v) is 6.23. The van der Waals surface area contributed by atoms with Gasteiger partial charge in [0.15, 0.2) is 0 Å². The molecular weight excluding hydrogens is 224 g/mol. The van der Waals surface area contributed by atoms with Gasteiger partial charge in [-0.1, -0.05) is 6.92 Å². The van der Waals surface area contributed by atoms with E-state index in [4.69, 9.17) is 16.3 Å². The Bertz CT molecular complexity index is 346. The van der Waals surface area contributed by atoms with Crippen molar-refractivity contribution in [1.29, 1.82) is 0 Å². The average Bonchev–Trinajstić information content (AvgIpc) is 2.38. The van der Waals surface area contributed by atoms with Crippen LogP contribution in [-0.2, 0) is 10.6 Å². The number of anilines is 1. The van der Waals surface area contributed by atoms with E-state index in [9.17, 15) is 0 Å². The average molecular weight is 241 g/mol. The zero-order valence-electron chi connectivity index (χ0n) is 9.53. The maximum absolute atomic E-state index is 5.96. The molecule has 3 nitrogen and oxygen atoms in total. The Kier molecular flexibility index (Phi) is 4.02. The minimum Gasteiger partial charge on any atom is -0.377 e. The monoisotopic (exact) mass is 240 g/mol. The van der Waals surface area contributed by atoms with E-state index in [0.717, 1.165) is 37.4 Å². The lowest BCUT2D eigenvalue weighted by atomic mass is 10.1. The van der Waals surface area contributed by atoms with Crippen molar-refractivity contribution in [3.05, 3.63) is 24.0 Å². The second kappa shape index (κ2) is 5.51. The molecule has 0 spiro atoms. The van der Waals surface area contributed by atoms with E-state index in [2.05, 4.69) is 16.8 Å². The van der Waals surface area contributed by atoms with Crippen molar-refractivity contribution in [2.45, 2.75) is 25.3 Å². The molecule has 0 saturated carbocycles. The Morgan fingerprint density at radius 3 is 3.25 bits per heavy atom. The molecule has 0 bridgehead atoms. The highest BCUT2D eigenvalue weighted by molar-refractivity contribution is 6.17. The van der Waals surface area contributed by atoms with Gasteiger partial charge in [0.2, 0.25) is 0 Å². The summed E-state index contributed by atoms with van der Waals surface area (Å²) in [6.07, 6.45) is 4.78. The van der Waals surface area contributed by atoms with Gasteiger partial charge in [0.1, 0.15) is 0 Å². The van der Waals surface area contributed by atoms with E-state index in [-0.39, 0.29) is 0 Å². The van der Waals surface area contributed by atoms with Gasteiger partial charge in [-0.2, -0.15) is 0 Å². The van der Waals surface area contributed by atoms with Crippen molar-refractivity contribution in [1.82, 2.24) is 4.98 Å². The minimum atomic E-state index is 0.444. The zero-order chi connectivity index (χ0) is 11.4. The summed E-state index contributed by atoms with van der Waals surface area (Å²) in [5.41, 5.74) is 2.31. The summed E-state index contributed by atoms with van der Waals surface area (Å²) in [5.74, 6) is 0.533. The Balaban J connectivity index is 2.26. The number of alkyl halides is 1. The lowest BCUT2D eigenvalue weighted by molar-refractivity contribution is 0.0929. The summed E-state index contributed by atoms with van der Waals surface area (Å²) in [4.78, 5) is 6.57. The van der Waals surface area contributed by atoms with Crippen molar-refractivity contribution in [2.75, 3.05) is 24.7 Å². The van der Waals surface area contributed by atoms with E-state index >= 15 is 0 Å². The quantitative estimate of drug-likeness (QED) is 0.759. The highest BCUT2D eigenvalue weighted by atomic mass is 35.5. The van der Waals surface area contributed by atoms with Crippen LogP contribution in [0.25, 0.3) is 0 Å². The largest absolute Gasteiger partial charge is 0.377 e. The molecule has 1 saturated heterocycles. The molecule has 0 N–H and O–H groups in total. The summed E-state index contributed by atoms with van der Waals surface area (Å²) in [7, 11) is 0. The predicted octanol–water partition coefficient (Wildman–Crippen LogP) is 2.44. The first kappa shape index (κ1) is 11.7. The third kappa shape index (κ3) is 2.30. The van der Waals surface area contributed by atoms with Gasteiger partial charge in [0.25, 0.3) is 0 Å². The Hall–Kier alpha value is -0.800.